The number of methoxy groups -OCH3 is 1. The van der Waals surface area contributed by atoms with Crippen LogP contribution in [0.25, 0.3) is 0 Å². The van der Waals surface area contributed by atoms with Crippen molar-refractivity contribution in [3.8, 4) is 5.75 Å². The third-order valence-electron chi connectivity index (χ3n) is 1.95. The van der Waals surface area contributed by atoms with Gasteiger partial charge in [-0.25, -0.2) is 5.90 Å². The smallest absolute Gasteiger partial charge is 0.311 e. The van der Waals surface area contributed by atoms with Gasteiger partial charge in [0.1, 0.15) is 0 Å². The molecule has 0 aliphatic heterocycles. The van der Waals surface area contributed by atoms with Crippen molar-refractivity contribution in [2.24, 2.45) is 5.90 Å². The van der Waals surface area contributed by atoms with Gasteiger partial charge in [-0.3, -0.25) is 10.1 Å². The maximum absolute atomic E-state index is 10.7. The van der Waals surface area contributed by atoms with Gasteiger partial charge >= 0.3 is 5.69 Å². The zero-order valence-electron chi connectivity index (χ0n) is 8.30. The highest BCUT2D eigenvalue weighted by atomic mass is 16.6. The molecule has 0 atom stereocenters. The van der Waals surface area contributed by atoms with Gasteiger partial charge in [0.2, 0.25) is 0 Å². The van der Waals surface area contributed by atoms with Crippen LogP contribution in [0.2, 0.25) is 0 Å². The molecule has 6 heteroatoms. The number of nitro benzene ring substituents is 1. The van der Waals surface area contributed by atoms with Crippen LogP contribution in [0.5, 0.6) is 5.75 Å². The van der Waals surface area contributed by atoms with E-state index in [9.17, 15) is 10.1 Å². The molecule has 0 bridgehead atoms. The van der Waals surface area contributed by atoms with Crippen molar-refractivity contribution in [2.45, 2.75) is 6.42 Å². The van der Waals surface area contributed by atoms with Crippen LogP contribution in [0.1, 0.15) is 5.56 Å². The SMILES string of the molecule is COc1ccc(CCON)cc1[N+](=O)[O-]. The molecule has 0 spiro atoms. The Hall–Kier alpha value is -1.66. The molecule has 0 aliphatic rings. The Morgan fingerprint density at radius 3 is 2.80 bits per heavy atom. The van der Waals surface area contributed by atoms with Gasteiger partial charge in [0.05, 0.1) is 18.6 Å². The van der Waals surface area contributed by atoms with Crippen molar-refractivity contribution >= 4 is 5.69 Å². The highest BCUT2D eigenvalue weighted by Gasteiger charge is 2.14. The molecule has 2 N–H and O–H groups in total. The summed E-state index contributed by atoms with van der Waals surface area (Å²) >= 11 is 0. The number of hydrogen-bond donors (Lipinski definition) is 1. The lowest BCUT2D eigenvalue weighted by Gasteiger charge is -2.04. The van der Waals surface area contributed by atoms with Crippen LogP contribution < -0.4 is 10.6 Å². The van der Waals surface area contributed by atoms with Crippen LogP contribution in [-0.2, 0) is 11.3 Å². The van der Waals surface area contributed by atoms with Crippen LogP contribution in [0.4, 0.5) is 5.69 Å². The van der Waals surface area contributed by atoms with Crippen LogP contribution in [0.3, 0.4) is 0 Å². The molecule has 15 heavy (non-hydrogen) atoms. The monoisotopic (exact) mass is 212 g/mol. The Bertz CT molecular complexity index is 354. The van der Waals surface area contributed by atoms with Crippen LogP contribution in [0.15, 0.2) is 18.2 Å². The fourth-order valence-corrected chi connectivity index (χ4v) is 1.21. The van der Waals surface area contributed by atoms with Crippen molar-refractivity contribution in [3.63, 3.8) is 0 Å². The van der Waals surface area contributed by atoms with E-state index in [1.54, 1.807) is 12.1 Å². The van der Waals surface area contributed by atoms with E-state index in [0.717, 1.165) is 5.56 Å². The molecule has 0 radical (unpaired) electrons. The Kier molecular flexibility index (Phi) is 4.02. The standard InChI is InChI=1S/C9H12N2O4/c1-14-9-3-2-7(4-5-15-10)6-8(9)11(12)13/h2-3,6H,4-5,10H2,1H3. The van der Waals surface area contributed by atoms with Gasteiger partial charge in [-0.2, -0.15) is 0 Å². The van der Waals surface area contributed by atoms with E-state index in [-0.39, 0.29) is 11.4 Å². The van der Waals surface area contributed by atoms with Gasteiger partial charge in [0.25, 0.3) is 0 Å². The summed E-state index contributed by atoms with van der Waals surface area (Å²) in [5.41, 5.74) is 0.736. The van der Waals surface area contributed by atoms with Crippen LogP contribution >= 0.6 is 0 Å². The number of hydrogen-bond acceptors (Lipinski definition) is 5. The molecular formula is C9H12N2O4. The molecule has 0 amide bonds. The first-order valence-electron chi connectivity index (χ1n) is 4.32. The van der Waals surface area contributed by atoms with Crippen molar-refractivity contribution < 1.29 is 14.5 Å². The van der Waals surface area contributed by atoms with E-state index in [1.165, 1.54) is 13.2 Å². The molecule has 6 nitrogen and oxygen atoms in total. The largest absolute Gasteiger partial charge is 0.490 e. The Morgan fingerprint density at radius 1 is 1.53 bits per heavy atom. The maximum atomic E-state index is 10.7. The highest BCUT2D eigenvalue weighted by molar-refractivity contribution is 5.48. The van der Waals surface area contributed by atoms with E-state index in [4.69, 9.17) is 10.6 Å². The van der Waals surface area contributed by atoms with Crippen LogP contribution in [-0.4, -0.2) is 18.6 Å². The van der Waals surface area contributed by atoms with Gasteiger partial charge in [-0.05, 0) is 18.1 Å². The zero-order chi connectivity index (χ0) is 11.3. The topological polar surface area (TPSA) is 87.6 Å². The average molecular weight is 212 g/mol. The van der Waals surface area contributed by atoms with Gasteiger partial charge < -0.3 is 9.57 Å². The molecule has 0 fully saturated rings. The lowest BCUT2D eigenvalue weighted by Crippen LogP contribution is -2.04. The third kappa shape index (κ3) is 2.90. The lowest BCUT2D eigenvalue weighted by atomic mass is 10.1. The first kappa shape index (κ1) is 11.4. The van der Waals surface area contributed by atoms with Crippen LogP contribution in [0, 0.1) is 10.1 Å². The minimum absolute atomic E-state index is 0.0491. The van der Waals surface area contributed by atoms with Crippen molar-refractivity contribution in [2.75, 3.05) is 13.7 Å². The Labute approximate surface area is 86.7 Å². The fourth-order valence-electron chi connectivity index (χ4n) is 1.21. The quantitative estimate of drug-likeness (QED) is 0.581. The fraction of sp³-hybridized carbons (Fsp3) is 0.333. The molecule has 0 unspecified atom stereocenters. The predicted octanol–water partition coefficient (Wildman–Crippen LogP) is 1.04. The summed E-state index contributed by atoms with van der Waals surface area (Å²) in [5.74, 6) is 5.12. The van der Waals surface area contributed by atoms with E-state index >= 15 is 0 Å². The molecule has 1 rings (SSSR count). The van der Waals surface area contributed by atoms with Gasteiger partial charge in [0, 0.05) is 6.07 Å². The number of ether oxygens (including phenoxy) is 1. The number of nitrogens with zero attached hydrogens (tertiary/aromatic N) is 1. The summed E-state index contributed by atoms with van der Waals surface area (Å²) in [6.45, 7) is 0.323. The summed E-state index contributed by atoms with van der Waals surface area (Å²) in [6.07, 6.45) is 0.529. The first-order chi connectivity index (χ1) is 7.19. The minimum Gasteiger partial charge on any atom is -0.490 e. The normalized spacial score (nSPS) is 10.0. The van der Waals surface area contributed by atoms with Gasteiger partial charge in [0.15, 0.2) is 5.75 Å². The molecule has 0 heterocycles. The summed E-state index contributed by atoms with van der Waals surface area (Å²) in [4.78, 5) is 14.6. The van der Waals surface area contributed by atoms with Crippen molar-refractivity contribution in [1.82, 2.24) is 0 Å². The Balaban J connectivity index is 2.94. The summed E-state index contributed by atoms with van der Waals surface area (Å²) in [5, 5.41) is 10.7. The molecule has 1 aromatic carbocycles. The molecule has 1 aromatic rings. The number of rotatable bonds is 5. The Morgan fingerprint density at radius 2 is 2.27 bits per heavy atom. The minimum atomic E-state index is -0.481. The van der Waals surface area contributed by atoms with E-state index in [0.29, 0.717) is 13.0 Å². The van der Waals surface area contributed by atoms with Crippen molar-refractivity contribution in [3.05, 3.63) is 33.9 Å². The first-order valence-corrected chi connectivity index (χ1v) is 4.32. The second-order valence-electron chi connectivity index (χ2n) is 2.88. The summed E-state index contributed by atoms with van der Waals surface area (Å²) in [7, 11) is 1.39. The number of nitro groups is 1. The van der Waals surface area contributed by atoms with Gasteiger partial charge in [-0.15, -0.1) is 0 Å². The van der Waals surface area contributed by atoms with Gasteiger partial charge in [-0.1, -0.05) is 6.07 Å². The summed E-state index contributed by atoms with van der Waals surface area (Å²) in [6, 6.07) is 4.76. The molecular weight excluding hydrogens is 200 g/mol. The second kappa shape index (κ2) is 5.28. The number of benzene rings is 1. The van der Waals surface area contributed by atoms with E-state index in [2.05, 4.69) is 4.84 Å². The molecule has 0 aromatic heterocycles. The lowest BCUT2D eigenvalue weighted by molar-refractivity contribution is -0.385. The molecule has 82 valence electrons. The van der Waals surface area contributed by atoms with E-state index in [1.807, 2.05) is 0 Å². The maximum Gasteiger partial charge on any atom is 0.311 e. The zero-order valence-corrected chi connectivity index (χ0v) is 8.30. The molecule has 0 saturated heterocycles. The average Bonchev–Trinajstić information content (AvgIpc) is 2.25. The van der Waals surface area contributed by atoms with E-state index < -0.39 is 4.92 Å². The molecule has 0 aliphatic carbocycles. The predicted molar refractivity (Wildman–Crippen MR) is 53.5 cm³/mol. The second-order valence-corrected chi connectivity index (χ2v) is 2.88. The van der Waals surface area contributed by atoms with Crippen molar-refractivity contribution in [1.29, 1.82) is 0 Å². The summed E-state index contributed by atoms with van der Waals surface area (Å²) < 4.78 is 4.87. The highest BCUT2D eigenvalue weighted by Crippen LogP contribution is 2.27. The molecule has 0 saturated carbocycles. The third-order valence-corrected chi connectivity index (χ3v) is 1.95. The number of nitrogens with two attached hydrogens (primary N) is 1.